The molecule has 0 radical (unpaired) electrons. The molecule has 0 amide bonds. The van der Waals surface area contributed by atoms with Gasteiger partial charge in [0.1, 0.15) is 0 Å². The summed E-state index contributed by atoms with van der Waals surface area (Å²) in [6, 6.07) is 9.23. The molecule has 0 unspecified atom stereocenters. The summed E-state index contributed by atoms with van der Waals surface area (Å²) >= 11 is 0. The third-order valence-electron chi connectivity index (χ3n) is 3.66. The Kier molecular flexibility index (Phi) is 5.02. The van der Waals surface area contributed by atoms with Crippen molar-refractivity contribution in [3.05, 3.63) is 29.8 Å². The Morgan fingerprint density at radius 2 is 2.00 bits per heavy atom. The Morgan fingerprint density at radius 1 is 1.28 bits per heavy atom. The summed E-state index contributed by atoms with van der Waals surface area (Å²) in [4.78, 5) is 2.53. The molecule has 0 aromatic heterocycles. The van der Waals surface area contributed by atoms with Crippen molar-refractivity contribution in [1.29, 1.82) is 0 Å². The van der Waals surface area contributed by atoms with E-state index in [2.05, 4.69) is 36.1 Å². The summed E-state index contributed by atoms with van der Waals surface area (Å²) < 4.78 is 5.47. The second-order valence-electron chi connectivity index (χ2n) is 4.97. The molecule has 2 N–H and O–H groups in total. The fourth-order valence-corrected chi connectivity index (χ4v) is 2.64. The zero-order valence-electron chi connectivity index (χ0n) is 11.3. The highest BCUT2D eigenvalue weighted by molar-refractivity contribution is 5.53. The van der Waals surface area contributed by atoms with Crippen LogP contribution in [-0.4, -0.2) is 32.3 Å². The van der Waals surface area contributed by atoms with Gasteiger partial charge in [0, 0.05) is 31.5 Å². The molecule has 1 aliphatic heterocycles. The van der Waals surface area contributed by atoms with Gasteiger partial charge in [-0.1, -0.05) is 18.2 Å². The predicted molar refractivity (Wildman–Crippen MR) is 76.0 cm³/mol. The summed E-state index contributed by atoms with van der Waals surface area (Å²) in [6.45, 7) is 5.76. The number of anilines is 1. The predicted octanol–water partition coefficient (Wildman–Crippen LogP) is 2.33. The minimum atomic E-state index is 0.603. The number of benzene rings is 1. The number of nitrogens with zero attached hydrogens (tertiary/aromatic N) is 1. The first-order chi connectivity index (χ1) is 8.83. The van der Waals surface area contributed by atoms with Gasteiger partial charge in [0.25, 0.3) is 0 Å². The van der Waals surface area contributed by atoms with Gasteiger partial charge in [-0.15, -0.1) is 0 Å². The smallest absolute Gasteiger partial charge is 0.0485 e. The van der Waals surface area contributed by atoms with Crippen LogP contribution >= 0.6 is 0 Å². The zero-order chi connectivity index (χ0) is 12.8. The van der Waals surface area contributed by atoms with Gasteiger partial charge in [0.05, 0.1) is 0 Å². The fourth-order valence-electron chi connectivity index (χ4n) is 2.64. The van der Waals surface area contributed by atoms with Gasteiger partial charge in [0.15, 0.2) is 0 Å². The SMILES string of the molecule is Cc1ccccc1N(CCCN)C1CCOCC1. The van der Waals surface area contributed by atoms with E-state index in [0.717, 1.165) is 45.6 Å². The Bertz CT molecular complexity index is 361. The molecule has 0 atom stereocenters. The Morgan fingerprint density at radius 3 is 2.67 bits per heavy atom. The monoisotopic (exact) mass is 248 g/mol. The van der Waals surface area contributed by atoms with Crippen LogP contribution in [-0.2, 0) is 4.74 Å². The lowest BCUT2D eigenvalue weighted by atomic mass is 10.0. The molecular weight excluding hydrogens is 224 g/mol. The lowest BCUT2D eigenvalue weighted by Gasteiger charge is -2.37. The molecule has 1 saturated heterocycles. The molecule has 2 rings (SSSR count). The van der Waals surface area contributed by atoms with Crippen LogP contribution in [0, 0.1) is 6.92 Å². The average molecular weight is 248 g/mol. The van der Waals surface area contributed by atoms with Crippen LogP contribution in [0.15, 0.2) is 24.3 Å². The molecule has 18 heavy (non-hydrogen) atoms. The van der Waals surface area contributed by atoms with Crippen molar-refractivity contribution in [2.75, 3.05) is 31.2 Å². The second kappa shape index (κ2) is 6.76. The van der Waals surface area contributed by atoms with E-state index in [1.54, 1.807) is 0 Å². The number of rotatable bonds is 5. The van der Waals surface area contributed by atoms with E-state index in [0.29, 0.717) is 6.04 Å². The van der Waals surface area contributed by atoms with Crippen molar-refractivity contribution in [1.82, 2.24) is 0 Å². The maximum Gasteiger partial charge on any atom is 0.0485 e. The lowest BCUT2D eigenvalue weighted by molar-refractivity contribution is 0.0843. The minimum Gasteiger partial charge on any atom is -0.381 e. The van der Waals surface area contributed by atoms with E-state index in [4.69, 9.17) is 10.5 Å². The molecular formula is C15H24N2O. The molecule has 1 aliphatic rings. The van der Waals surface area contributed by atoms with Crippen LogP contribution in [0.25, 0.3) is 0 Å². The first kappa shape index (κ1) is 13.4. The fraction of sp³-hybridized carbons (Fsp3) is 0.600. The maximum atomic E-state index is 5.67. The average Bonchev–Trinajstić information content (AvgIpc) is 2.42. The van der Waals surface area contributed by atoms with Crippen molar-refractivity contribution >= 4 is 5.69 Å². The number of hydrogen-bond acceptors (Lipinski definition) is 3. The van der Waals surface area contributed by atoms with Crippen LogP contribution in [0.3, 0.4) is 0 Å². The molecule has 1 fully saturated rings. The number of nitrogens with two attached hydrogens (primary N) is 1. The number of ether oxygens (including phenoxy) is 1. The summed E-state index contributed by atoms with van der Waals surface area (Å²) in [5.41, 5.74) is 8.38. The molecule has 3 nitrogen and oxygen atoms in total. The highest BCUT2D eigenvalue weighted by Gasteiger charge is 2.22. The van der Waals surface area contributed by atoms with Crippen LogP contribution < -0.4 is 10.6 Å². The Labute approximate surface area is 110 Å². The first-order valence-corrected chi connectivity index (χ1v) is 6.93. The van der Waals surface area contributed by atoms with E-state index in [-0.39, 0.29) is 0 Å². The molecule has 1 aromatic rings. The van der Waals surface area contributed by atoms with E-state index < -0.39 is 0 Å². The van der Waals surface area contributed by atoms with E-state index in [1.807, 2.05) is 0 Å². The topological polar surface area (TPSA) is 38.5 Å². The van der Waals surface area contributed by atoms with Gasteiger partial charge in [-0.3, -0.25) is 0 Å². The standard InChI is InChI=1S/C15H24N2O/c1-13-5-2-3-6-15(13)17(10-4-9-16)14-7-11-18-12-8-14/h2-3,5-6,14H,4,7-12,16H2,1H3. The number of hydrogen-bond donors (Lipinski definition) is 1. The molecule has 1 aromatic carbocycles. The van der Waals surface area contributed by atoms with E-state index in [9.17, 15) is 0 Å². The number of para-hydroxylation sites is 1. The van der Waals surface area contributed by atoms with Crippen molar-refractivity contribution < 1.29 is 4.74 Å². The lowest BCUT2D eigenvalue weighted by Crippen LogP contribution is -2.41. The van der Waals surface area contributed by atoms with Crippen LogP contribution in [0.4, 0.5) is 5.69 Å². The summed E-state index contributed by atoms with van der Waals surface area (Å²) in [5, 5.41) is 0. The van der Waals surface area contributed by atoms with Gasteiger partial charge in [0.2, 0.25) is 0 Å². The highest BCUT2D eigenvalue weighted by atomic mass is 16.5. The maximum absolute atomic E-state index is 5.67. The largest absolute Gasteiger partial charge is 0.381 e. The Balaban J connectivity index is 2.15. The molecule has 0 saturated carbocycles. The summed E-state index contributed by atoms with van der Waals surface area (Å²) in [5.74, 6) is 0. The van der Waals surface area contributed by atoms with Gasteiger partial charge < -0.3 is 15.4 Å². The van der Waals surface area contributed by atoms with Gasteiger partial charge in [-0.2, -0.15) is 0 Å². The van der Waals surface area contributed by atoms with Crippen molar-refractivity contribution in [2.45, 2.75) is 32.2 Å². The highest BCUT2D eigenvalue weighted by Crippen LogP contribution is 2.26. The van der Waals surface area contributed by atoms with Crippen molar-refractivity contribution in [3.63, 3.8) is 0 Å². The van der Waals surface area contributed by atoms with Crippen molar-refractivity contribution in [2.24, 2.45) is 5.73 Å². The molecule has 0 spiro atoms. The Hall–Kier alpha value is -1.06. The van der Waals surface area contributed by atoms with Crippen LogP contribution in [0.1, 0.15) is 24.8 Å². The van der Waals surface area contributed by atoms with Gasteiger partial charge in [-0.25, -0.2) is 0 Å². The third kappa shape index (κ3) is 3.24. The molecule has 100 valence electrons. The normalized spacial score (nSPS) is 16.8. The quantitative estimate of drug-likeness (QED) is 0.869. The number of aryl methyl sites for hydroxylation is 1. The molecule has 1 heterocycles. The summed E-state index contributed by atoms with van der Waals surface area (Å²) in [6.07, 6.45) is 3.30. The first-order valence-electron chi connectivity index (χ1n) is 6.93. The van der Waals surface area contributed by atoms with Crippen LogP contribution in [0.5, 0.6) is 0 Å². The van der Waals surface area contributed by atoms with Gasteiger partial charge >= 0.3 is 0 Å². The molecule has 3 heteroatoms. The van der Waals surface area contributed by atoms with E-state index >= 15 is 0 Å². The second-order valence-corrected chi connectivity index (χ2v) is 4.97. The third-order valence-corrected chi connectivity index (χ3v) is 3.66. The minimum absolute atomic E-state index is 0.603. The summed E-state index contributed by atoms with van der Waals surface area (Å²) in [7, 11) is 0. The van der Waals surface area contributed by atoms with Crippen LogP contribution in [0.2, 0.25) is 0 Å². The van der Waals surface area contributed by atoms with Crippen molar-refractivity contribution in [3.8, 4) is 0 Å². The molecule has 0 bridgehead atoms. The molecule has 0 aliphatic carbocycles. The van der Waals surface area contributed by atoms with Gasteiger partial charge in [-0.05, 0) is 44.4 Å². The zero-order valence-corrected chi connectivity index (χ0v) is 11.3. The van der Waals surface area contributed by atoms with E-state index in [1.165, 1.54) is 11.3 Å².